The summed E-state index contributed by atoms with van der Waals surface area (Å²) in [7, 11) is 0. The van der Waals surface area contributed by atoms with Gasteiger partial charge in [0.15, 0.2) is 0 Å². The van der Waals surface area contributed by atoms with E-state index in [9.17, 15) is 9.59 Å². The number of hydrogen-bond donors (Lipinski definition) is 0. The van der Waals surface area contributed by atoms with Crippen LogP contribution in [-0.2, 0) is 22.7 Å². The number of carbonyl (C=O) groups is 2. The molecule has 0 saturated carbocycles. The van der Waals surface area contributed by atoms with E-state index in [1.165, 1.54) is 0 Å². The van der Waals surface area contributed by atoms with Crippen LogP contribution in [0.2, 0.25) is 0 Å². The van der Waals surface area contributed by atoms with Crippen LogP contribution in [0.1, 0.15) is 39.7 Å². The first-order chi connectivity index (χ1) is 14.0. The van der Waals surface area contributed by atoms with Gasteiger partial charge in [-0.25, -0.2) is 0 Å². The molecule has 0 aliphatic rings. The number of aromatic nitrogens is 2. The Kier molecular flexibility index (Phi) is 6.87. The van der Waals surface area contributed by atoms with Crippen LogP contribution in [0, 0.1) is 6.92 Å². The number of allylic oxidation sites excluding steroid dienone is 1. The quantitative estimate of drug-likeness (QED) is 0.406. The van der Waals surface area contributed by atoms with Crippen LogP contribution >= 0.6 is 0 Å². The van der Waals surface area contributed by atoms with Gasteiger partial charge in [-0.05, 0) is 31.0 Å². The van der Waals surface area contributed by atoms with E-state index in [1.807, 2.05) is 67.6 Å². The van der Waals surface area contributed by atoms with Gasteiger partial charge in [-0.1, -0.05) is 66.2 Å². The van der Waals surface area contributed by atoms with Gasteiger partial charge in [0.25, 0.3) is 0 Å². The summed E-state index contributed by atoms with van der Waals surface area (Å²) in [5.41, 5.74) is 4.27. The lowest BCUT2D eigenvalue weighted by Crippen LogP contribution is -2.08. The third kappa shape index (κ3) is 5.83. The summed E-state index contributed by atoms with van der Waals surface area (Å²) >= 11 is 0. The average Bonchev–Trinajstić information content (AvgIpc) is 3.22. The van der Waals surface area contributed by atoms with Crippen LogP contribution in [0.15, 0.2) is 66.9 Å². The van der Waals surface area contributed by atoms with Crippen LogP contribution in [0.25, 0.3) is 6.08 Å². The van der Waals surface area contributed by atoms with Gasteiger partial charge in [0, 0.05) is 11.8 Å². The third-order valence-electron chi connectivity index (χ3n) is 4.47. The average molecular weight is 388 g/mol. The molecule has 1 atom stereocenters. The number of benzene rings is 2. The van der Waals surface area contributed by atoms with Crippen LogP contribution in [0.4, 0.5) is 0 Å². The number of aldehydes is 1. The Balaban J connectivity index is 1.55. The molecule has 29 heavy (non-hydrogen) atoms. The maximum Gasteiger partial charge on any atom is 0.213 e. The fourth-order valence-electron chi connectivity index (χ4n) is 2.73. The first-order valence-electron chi connectivity index (χ1n) is 9.52. The maximum absolute atomic E-state index is 12.5. The Morgan fingerprint density at radius 3 is 2.52 bits per heavy atom. The molecule has 3 aromatic rings. The molecule has 0 radical (unpaired) electrons. The number of carbonyl (C=O) groups excluding carboxylic acids is 2. The molecule has 0 N–H and O–H groups in total. The lowest BCUT2D eigenvalue weighted by Gasteiger charge is -2.06. The molecule has 0 aliphatic carbocycles. The van der Waals surface area contributed by atoms with Gasteiger partial charge in [-0.3, -0.25) is 9.48 Å². The van der Waals surface area contributed by atoms with Gasteiger partial charge in [-0.15, -0.1) is 0 Å². The molecule has 5 nitrogen and oxygen atoms in total. The zero-order valence-electron chi connectivity index (χ0n) is 16.6. The molecule has 2 aromatic carbocycles. The molecule has 0 spiro atoms. The Bertz CT molecular complexity index is 986. The van der Waals surface area contributed by atoms with Crippen molar-refractivity contribution in [3.8, 4) is 0 Å². The number of hydrogen-bond acceptors (Lipinski definition) is 4. The second-order valence-corrected chi connectivity index (χ2v) is 6.91. The SMILES string of the molecule is Cc1ccc(C(=O)c2ccn(C/C=C/c3ccc(CO[C@H](C)C=O)cc3)n2)cc1. The zero-order valence-corrected chi connectivity index (χ0v) is 16.6. The second kappa shape index (κ2) is 9.75. The third-order valence-corrected chi connectivity index (χ3v) is 4.47. The Morgan fingerprint density at radius 1 is 1.10 bits per heavy atom. The summed E-state index contributed by atoms with van der Waals surface area (Å²) in [5, 5.41) is 4.37. The lowest BCUT2D eigenvalue weighted by atomic mass is 10.1. The predicted molar refractivity (Wildman–Crippen MR) is 113 cm³/mol. The zero-order chi connectivity index (χ0) is 20.6. The number of ether oxygens (including phenoxy) is 1. The summed E-state index contributed by atoms with van der Waals surface area (Å²) in [6, 6.07) is 17.2. The van der Waals surface area contributed by atoms with Crippen molar-refractivity contribution < 1.29 is 14.3 Å². The molecule has 5 heteroatoms. The first-order valence-corrected chi connectivity index (χ1v) is 9.52. The highest BCUT2D eigenvalue weighted by molar-refractivity contribution is 6.07. The van der Waals surface area contributed by atoms with Crippen LogP contribution in [0.3, 0.4) is 0 Å². The molecule has 0 saturated heterocycles. The number of aryl methyl sites for hydroxylation is 1. The largest absolute Gasteiger partial charge is 0.366 e. The van der Waals surface area contributed by atoms with Crippen molar-refractivity contribution in [1.82, 2.24) is 9.78 Å². The predicted octanol–water partition coefficient (Wildman–Crippen LogP) is 4.24. The van der Waals surface area contributed by atoms with E-state index in [-0.39, 0.29) is 5.78 Å². The van der Waals surface area contributed by atoms with E-state index in [2.05, 4.69) is 5.10 Å². The monoisotopic (exact) mass is 388 g/mol. The molecule has 0 bridgehead atoms. The van der Waals surface area contributed by atoms with Crippen molar-refractivity contribution in [2.24, 2.45) is 0 Å². The minimum absolute atomic E-state index is 0.0746. The van der Waals surface area contributed by atoms with Crippen LogP contribution in [0.5, 0.6) is 0 Å². The van der Waals surface area contributed by atoms with E-state index >= 15 is 0 Å². The molecule has 0 aliphatic heterocycles. The summed E-state index contributed by atoms with van der Waals surface area (Å²) in [6.07, 6.45) is 6.19. The Labute approximate surface area is 170 Å². The standard InChI is InChI=1S/C24H24N2O3/c1-18-5-11-22(12-6-18)24(28)23-13-15-26(25-23)14-3-4-20-7-9-21(10-8-20)17-29-19(2)16-27/h3-13,15-16,19H,14,17H2,1-2H3/b4-3+/t19-/m1/s1. The van der Waals surface area contributed by atoms with Crippen molar-refractivity contribution in [2.75, 3.05) is 0 Å². The van der Waals surface area contributed by atoms with Crippen molar-refractivity contribution >= 4 is 18.1 Å². The van der Waals surface area contributed by atoms with Crippen molar-refractivity contribution in [3.63, 3.8) is 0 Å². The molecule has 1 aromatic heterocycles. The maximum atomic E-state index is 12.5. The van der Waals surface area contributed by atoms with E-state index in [0.29, 0.717) is 24.4 Å². The fraction of sp³-hybridized carbons (Fsp3) is 0.208. The van der Waals surface area contributed by atoms with E-state index in [0.717, 1.165) is 23.0 Å². The van der Waals surface area contributed by atoms with Crippen LogP contribution in [-0.4, -0.2) is 28.0 Å². The second-order valence-electron chi connectivity index (χ2n) is 6.91. The van der Waals surface area contributed by atoms with E-state index < -0.39 is 6.10 Å². The molecule has 0 amide bonds. The molecule has 1 heterocycles. The van der Waals surface area contributed by atoms with E-state index in [1.54, 1.807) is 23.9 Å². The normalized spacial score (nSPS) is 12.2. The summed E-state index contributed by atoms with van der Waals surface area (Å²) in [6.45, 7) is 4.70. The van der Waals surface area contributed by atoms with Gasteiger partial charge in [0.1, 0.15) is 18.1 Å². The topological polar surface area (TPSA) is 61.2 Å². The molecule has 0 fully saturated rings. The molecule has 148 valence electrons. The van der Waals surface area contributed by atoms with Crippen molar-refractivity contribution in [1.29, 1.82) is 0 Å². The summed E-state index contributed by atoms with van der Waals surface area (Å²) in [5.74, 6) is -0.0746. The lowest BCUT2D eigenvalue weighted by molar-refractivity contribution is -0.117. The minimum atomic E-state index is -0.397. The molecule has 3 rings (SSSR count). The summed E-state index contributed by atoms with van der Waals surface area (Å²) in [4.78, 5) is 23.1. The molecular formula is C24H24N2O3. The van der Waals surface area contributed by atoms with Crippen LogP contribution < -0.4 is 0 Å². The highest BCUT2D eigenvalue weighted by Gasteiger charge is 2.11. The fourth-order valence-corrected chi connectivity index (χ4v) is 2.73. The minimum Gasteiger partial charge on any atom is -0.366 e. The summed E-state index contributed by atoms with van der Waals surface area (Å²) < 4.78 is 7.13. The Hall–Kier alpha value is -3.31. The number of nitrogens with zero attached hydrogens (tertiary/aromatic N) is 2. The van der Waals surface area contributed by atoms with Gasteiger partial charge < -0.3 is 9.53 Å². The number of rotatable bonds is 9. The van der Waals surface area contributed by atoms with E-state index in [4.69, 9.17) is 4.74 Å². The first kappa shape index (κ1) is 20.4. The molecular weight excluding hydrogens is 364 g/mol. The van der Waals surface area contributed by atoms with Crippen molar-refractivity contribution in [2.45, 2.75) is 33.1 Å². The van der Waals surface area contributed by atoms with Gasteiger partial charge in [0.2, 0.25) is 5.78 Å². The van der Waals surface area contributed by atoms with Crippen molar-refractivity contribution in [3.05, 3.63) is 94.8 Å². The van der Waals surface area contributed by atoms with Gasteiger partial charge >= 0.3 is 0 Å². The smallest absolute Gasteiger partial charge is 0.213 e. The Morgan fingerprint density at radius 2 is 1.83 bits per heavy atom. The highest BCUT2D eigenvalue weighted by atomic mass is 16.5. The molecule has 0 unspecified atom stereocenters. The number of ketones is 1. The van der Waals surface area contributed by atoms with Gasteiger partial charge in [0.05, 0.1) is 13.2 Å². The van der Waals surface area contributed by atoms with Gasteiger partial charge in [-0.2, -0.15) is 5.10 Å². The highest BCUT2D eigenvalue weighted by Crippen LogP contribution is 2.11.